The first-order valence-corrected chi connectivity index (χ1v) is 7.77. The van der Waals surface area contributed by atoms with Crippen molar-refractivity contribution >= 4 is 31.9 Å². The van der Waals surface area contributed by atoms with E-state index in [1.165, 1.54) is 18.2 Å². The second-order valence-corrected chi connectivity index (χ2v) is 6.19. The van der Waals surface area contributed by atoms with E-state index in [4.69, 9.17) is 0 Å². The molecular weight excluding hydrogens is 411 g/mol. The molecule has 1 unspecified atom stereocenters. The van der Waals surface area contributed by atoms with Gasteiger partial charge in [-0.25, -0.2) is 13.2 Å². The molecule has 1 N–H and O–H groups in total. The molecule has 0 aliphatic rings. The van der Waals surface area contributed by atoms with E-state index < -0.39 is 11.6 Å². The zero-order valence-corrected chi connectivity index (χ0v) is 14.2. The molecule has 0 aromatic heterocycles. The van der Waals surface area contributed by atoms with Crippen molar-refractivity contribution in [2.24, 2.45) is 0 Å². The lowest BCUT2D eigenvalue weighted by Gasteiger charge is -2.19. The minimum Gasteiger partial charge on any atom is -0.313 e. The van der Waals surface area contributed by atoms with Gasteiger partial charge >= 0.3 is 0 Å². The van der Waals surface area contributed by atoms with Gasteiger partial charge < -0.3 is 5.32 Å². The summed E-state index contributed by atoms with van der Waals surface area (Å²) in [7, 11) is 1.71. The number of hydrogen-bond donors (Lipinski definition) is 1. The molecular formula is C15H12Br2F3N. The molecule has 0 aliphatic carbocycles. The molecule has 21 heavy (non-hydrogen) atoms. The Kier molecular flexibility index (Phi) is 5.46. The standard InChI is InChI=1S/C15H12Br2F3N/c1-21-13(7-8-6-9(18)2-4-11(8)16)10-3-5-12(19)15(20)14(10)17/h2-6,13,21H,7H2,1H3. The van der Waals surface area contributed by atoms with Crippen LogP contribution in [0.4, 0.5) is 13.2 Å². The average Bonchev–Trinajstić information content (AvgIpc) is 2.46. The molecule has 0 fully saturated rings. The first-order valence-electron chi connectivity index (χ1n) is 6.18. The highest BCUT2D eigenvalue weighted by Gasteiger charge is 2.19. The van der Waals surface area contributed by atoms with Crippen molar-refractivity contribution in [1.29, 1.82) is 0 Å². The zero-order chi connectivity index (χ0) is 15.6. The summed E-state index contributed by atoms with van der Waals surface area (Å²) in [6.45, 7) is 0. The van der Waals surface area contributed by atoms with Crippen LogP contribution in [0.5, 0.6) is 0 Å². The zero-order valence-electron chi connectivity index (χ0n) is 11.1. The van der Waals surface area contributed by atoms with Crippen molar-refractivity contribution in [2.45, 2.75) is 12.5 Å². The minimum absolute atomic E-state index is 0.0781. The van der Waals surface area contributed by atoms with Crippen molar-refractivity contribution in [2.75, 3.05) is 7.05 Å². The van der Waals surface area contributed by atoms with Crippen LogP contribution >= 0.6 is 31.9 Å². The fourth-order valence-corrected chi connectivity index (χ4v) is 3.10. The second-order valence-electron chi connectivity index (χ2n) is 4.55. The summed E-state index contributed by atoms with van der Waals surface area (Å²) in [5, 5.41) is 3.04. The summed E-state index contributed by atoms with van der Waals surface area (Å²) in [4.78, 5) is 0. The van der Waals surface area contributed by atoms with Crippen LogP contribution in [-0.4, -0.2) is 7.05 Å². The Hall–Kier alpha value is -0.850. The van der Waals surface area contributed by atoms with Crippen LogP contribution in [-0.2, 0) is 6.42 Å². The molecule has 0 saturated carbocycles. The van der Waals surface area contributed by atoms with Crippen LogP contribution in [0.25, 0.3) is 0 Å². The molecule has 1 atom stereocenters. The first-order chi connectivity index (χ1) is 9.93. The summed E-state index contributed by atoms with van der Waals surface area (Å²) in [5.41, 5.74) is 1.32. The molecule has 6 heteroatoms. The monoisotopic (exact) mass is 421 g/mol. The van der Waals surface area contributed by atoms with Gasteiger partial charge in [0.25, 0.3) is 0 Å². The number of likely N-dealkylation sites (N-methyl/N-ethyl adjacent to an activating group) is 1. The van der Waals surface area contributed by atoms with E-state index in [-0.39, 0.29) is 16.3 Å². The second kappa shape index (κ2) is 6.94. The lowest BCUT2D eigenvalue weighted by molar-refractivity contribution is 0.495. The van der Waals surface area contributed by atoms with Gasteiger partial charge in [0.15, 0.2) is 11.6 Å². The molecule has 0 amide bonds. The van der Waals surface area contributed by atoms with E-state index in [1.54, 1.807) is 13.1 Å². The van der Waals surface area contributed by atoms with Crippen molar-refractivity contribution in [3.63, 3.8) is 0 Å². The lowest BCUT2D eigenvalue weighted by Crippen LogP contribution is -2.20. The van der Waals surface area contributed by atoms with Crippen molar-refractivity contribution in [3.05, 3.63) is 67.9 Å². The molecule has 0 saturated heterocycles. The van der Waals surface area contributed by atoms with E-state index in [0.29, 0.717) is 12.0 Å². The van der Waals surface area contributed by atoms with Gasteiger partial charge in [-0.15, -0.1) is 0 Å². The van der Waals surface area contributed by atoms with Crippen LogP contribution in [0.1, 0.15) is 17.2 Å². The van der Waals surface area contributed by atoms with E-state index in [9.17, 15) is 13.2 Å². The van der Waals surface area contributed by atoms with Crippen LogP contribution in [0.3, 0.4) is 0 Å². The van der Waals surface area contributed by atoms with Gasteiger partial charge in [0.05, 0.1) is 4.47 Å². The average molecular weight is 423 g/mol. The molecule has 0 spiro atoms. The Balaban J connectivity index is 2.37. The highest BCUT2D eigenvalue weighted by Crippen LogP contribution is 2.31. The molecule has 0 heterocycles. The number of nitrogens with one attached hydrogen (secondary N) is 1. The smallest absolute Gasteiger partial charge is 0.173 e. The third kappa shape index (κ3) is 3.67. The molecule has 2 aromatic rings. The lowest BCUT2D eigenvalue weighted by atomic mass is 9.98. The number of hydrogen-bond acceptors (Lipinski definition) is 1. The number of halogens is 5. The summed E-state index contributed by atoms with van der Waals surface area (Å²) in [6.07, 6.45) is 0.429. The number of rotatable bonds is 4. The van der Waals surface area contributed by atoms with Gasteiger partial charge in [0.2, 0.25) is 0 Å². The van der Waals surface area contributed by atoms with Crippen LogP contribution in [0.15, 0.2) is 39.3 Å². The predicted molar refractivity (Wildman–Crippen MR) is 83.7 cm³/mol. The molecule has 1 nitrogen and oxygen atoms in total. The Morgan fingerprint density at radius 2 is 1.81 bits per heavy atom. The Morgan fingerprint density at radius 3 is 2.48 bits per heavy atom. The van der Waals surface area contributed by atoms with Gasteiger partial charge in [-0.05, 0) is 64.8 Å². The SMILES string of the molecule is CNC(Cc1cc(F)ccc1Br)c1ccc(F)c(F)c1Br. The normalized spacial score (nSPS) is 12.5. The molecule has 0 aliphatic heterocycles. The predicted octanol–water partition coefficient (Wildman–Crippen LogP) is 5.13. The highest BCUT2D eigenvalue weighted by atomic mass is 79.9. The summed E-state index contributed by atoms with van der Waals surface area (Å²) in [6, 6.07) is 6.71. The Labute approximate surface area is 137 Å². The fourth-order valence-electron chi connectivity index (χ4n) is 2.10. The molecule has 112 valence electrons. The highest BCUT2D eigenvalue weighted by molar-refractivity contribution is 9.10. The Morgan fingerprint density at radius 1 is 1.10 bits per heavy atom. The van der Waals surface area contributed by atoms with E-state index >= 15 is 0 Å². The van der Waals surface area contributed by atoms with Crippen molar-refractivity contribution in [3.8, 4) is 0 Å². The maximum atomic E-state index is 13.7. The van der Waals surface area contributed by atoms with Gasteiger partial charge in [-0.1, -0.05) is 22.0 Å². The fraction of sp³-hybridized carbons (Fsp3) is 0.200. The van der Waals surface area contributed by atoms with E-state index in [2.05, 4.69) is 37.2 Å². The maximum Gasteiger partial charge on any atom is 0.173 e. The third-order valence-corrected chi connectivity index (χ3v) is 4.80. The summed E-state index contributed by atoms with van der Waals surface area (Å²) < 4.78 is 41.0. The minimum atomic E-state index is -0.925. The first kappa shape index (κ1) is 16.5. The van der Waals surface area contributed by atoms with Crippen molar-refractivity contribution < 1.29 is 13.2 Å². The quantitative estimate of drug-likeness (QED) is 0.673. The van der Waals surface area contributed by atoms with Gasteiger partial charge in [-0.3, -0.25) is 0 Å². The Bertz CT molecular complexity index is 662. The summed E-state index contributed by atoms with van der Waals surface area (Å²) >= 11 is 6.44. The molecule has 2 aromatic carbocycles. The van der Waals surface area contributed by atoms with Gasteiger partial charge in [0.1, 0.15) is 5.82 Å². The van der Waals surface area contributed by atoms with Gasteiger partial charge in [-0.2, -0.15) is 0 Å². The third-order valence-electron chi connectivity index (χ3n) is 3.22. The molecule has 0 bridgehead atoms. The largest absolute Gasteiger partial charge is 0.313 e. The molecule has 2 rings (SSSR count). The van der Waals surface area contributed by atoms with E-state index in [1.807, 2.05) is 0 Å². The number of benzene rings is 2. The van der Waals surface area contributed by atoms with Gasteiger partial charge in [0, 0.05) is 10.5 Å². The van der Waals surface area contributed by atoms with Crippen LogP contribution in [0.2, 0.25) is 0 Å². The van der Waals surface area contributed by atoms with Crippen LogP contribution in [0, 0.1) is 17.5 Å². The van der Waals surface area contributed by atoms with E-state index in [0.717, 1.165) is 16.1 Å². The van der Waals surface area contributed by atoms with Crippen molar-refractivity contribution in [1.82, 2.24) is 5.32 Å². The maximum absolute atomic E-state index is 13.7. The molecule has 0 radical (unpaired) electrons. The topological polar surface area (TPSA) is 12.0 Å². The summed E-state index contributed by atoms with van der Waals surface area (Å²) in [5.74, 6) is -2.18. The van der Waals surface area contributed by atoms with Crippen LogP contribution < -0.4 is 5.32 Å².